The summed E-state index contributed by atoms with van der Waals surface area (Å²) in [7, 11) is 0. The number of allylic oxidation sites excluding steroid dienone is 4. The molecule has 7 rings (SSSR count). The third-order valence-electron chi connectivity index (χ3n) is 9.43. The maximum Gasteiger partial charge on any atom is 0.132 e. The van der Waals surface area contributed by atoms with E-state index in [1.165, 1.54) is 0 Å². The average molecular weight is 669 g/mol. The number of ether oxygens (including phenoxy) is 4. The van der Waals surface area contributed by atoms with Crippen molar-refractivity contribution in [2.24, 2.45) is 0 Å². The van der Waals surface area contributed by atoms with Crippen LogP contribution in [0.2, 0.25) is 0 Å². The number of hydrogen-bond acceptors (Lipinski definition) is 6. The van der Waals surface area contributed by atoms with Gasteiger partial charge < -0.3 is 18.9 Å². The minimum Gasteiger partial charge on any atom is -0.493 e. The van der Waals surface area contributed by atoms with Gasteiger partial charge in [0, 0.05) is 10.8 Å². The van der Waals surface area contributed by atoms with Gasteiger partial charge in [-0.3, -0.25) is 0 Å². The molecule has 0 saturated carbocycles. The molecule has 2 aliphatic rings. The van der Waals surface area contributed by atoms with E-state index in [1.807, 2.05) is 36.4 Å². The molecule has 2 aliphatic heterocycles. The maximum atomic E-state index is 6.49. The molecule has 4 heterocycles. The Hall–Kier alpha value is -4.84. The van der Waals surface area contributed by atoms with Crippen molar-refractivity contribution in [2.45, 2.75) is 77.0 Å². The lowest BCUT2D eigenvalue weighted by atomic mass is 10.0. The second kappa shape index (κ2) is 17.2. The Labute approximate surface area is 296 Å². The second-order valence-electron chi connectivity index (χ2n) is 13.2. The topological polar surface area (TPSA) is 62.7 Å². The normalized spacial score (nSPS) is 18.1. The average Bonchev–Trinajstić information content (AvgIpc) is 3.14. The number of pyridine rings is 2. The molecule has 6 nitrogen and oxygen atoms in total. The van der Waals surface area contributed by atoms with Crippen molar-refractivity contribution in [2.75, 3.05) is 26.4 Å². The molecule has 3 aromatic carbocycles. The molecule has 6 bridgehead atoms. The zero-order chi connectivity index (χ0) is 33.8. The van der Waals surface area contributed by atoms with E-state index >= 15 is 0 Å². The molecule has 6 heteroatoms. The van der Waals surface area contributed by atoms with Gasteiger partial charge in [0.1, 0.15) is 23.0 Å². The fourth-order valence-electron chi connectivity index (χ4n) is 6.71. The summed E-state index contributed by atoms with van der Waals surface area (Å²) >= 11 is 0. The highest BCUT2D eigenvalue weighted by Gasteiger charge is 2.19. The minimum atomic E-state index is 0.638. The number of rotatable bonds is 0. The van der Waals surface area contributed by atoms with Crippen LogP contribution >= 0.6 is 0 Å². The van der Waals surface area contributed by atoms with Gasteiger partial charge in [-0.05, 0) is 113 Å². The van der Waals surface area contributed by atoms with E-state index in [0.29, 0.717) is 26.4 Å². The van der Waals surface area contributed by atoms with Crippen LogP contribution in [0.25, 0.3) is 44.3 Å². The largest absolute Gasteiger partial charge is 0.493 e. The SMILES string of the molecule is C1=C\CCCCOc2cccc3c2-c2ccc4ccc5ccc(nc5c4n2)-c2c(cccc2OCCCC/C=C\CCCCO3)OCCCC/1. The van der Waals surface area contributed by atoms with Gasteiger partial charge in [-0.25, -0.2) is 9.97 Å². The number of nitrogens with zero attached hydrogens (tertiary/aromatic N) is 2. The molecular weight excluding hydrogens is 620 g/mol. The van der Waals surface area contributed by atoms with E-state index in [-0.39, 0.29) is 0 Å². The van der Waals surface area contributed by atoms with Gasteiger partial charge >= 0.3 is 0 Å². The Kier molecular flexibility index (Phi) is 11.6. The Morgan fingerprint density at radius 2 is 0.680 bits per heavy atom. The van der Waals surface area contributed by atoms with Crippen LogP contribution in [0, 0.1) is 0 Å². The van der Waals surface area contributed by atoms with Crippen LogP contribution < -0.4 is 18.9 Å². The van der Waals surface area contributed by atoms with E-state index in [9.17, 15) is 0 Å². The second-order valence-corrected chi connectivity index (χ2v) is 13.2. The molecular formula is C44H48N2O4. The van der Waals surface area contributed by atoms with Crippen molar-refractivity contribution in [3.63, 3.8) is 0 Å². The first-order valence-corrected chi connectivity index (χ1v) is 18.6. The van der Waals surface area contributed by atoms with E-state index < -0.39 is 0 Å². The number of hydrogen-bond donors (Lipinski definition) is 0. The maximum absolute atomic E-state index is 6.49. The molecule has 2 aromatic heterocycles. The van der Waals surface area contributed by atoms with Crippen molar-refractivity contribution in [3.8, 4) is 45.5 Å². The monoisotopic (exact) mass is 668 g/mol. The van der Waals surface area contributed by atoms with Gasteiger partial charge in [0.05, 0.1) is 60.0 Å². The lowest BCUT2D eigenvalue weighted by molar-refractivity contribution is 0.293. The van der Waals surface area contributed by atoms with Crippen LogP contribution in [0.5, 0.6) is 23.0 Å². The number of benzene rings is 3. The highest BCUT2D eigenvalue weighted by Crippen LogP contribution is 2.41. The smallest absolute Gasteiger partial charge is 0.132 e. The summed E-state index contributed by atoms with van der Waals surface area (Å²) in [5.74, 6) is 3.19. The molecule has 0 N–H and O–H groups in total. The van der Waals surface area contributed by atoms with Crippen molar-refractivity contribution in [1.29, 1.82) is 0 Å². The molecule has 0 spiro atoms. The predicted octanol–water partition coefficient (Wildman–Crippen LogP) is 11.5. The summed E-state index contributed by atoms with van der Waals surface area (Å²) in [5, 5.41) is 2.05. The number of aromatic nitrogens is 2. The van der Waals surface area contributed by atoms with Gasteiger partial charge in [-0.1, -0.05) is 60.7 Å². The van der Waals surface area contributed by atoms with Crippen LogP contribution in [0.3, 0.4) is 0 Å². The quantitative estimate of drug-likeness (QED) is 0.121. The van der Waals surface area contributed by atoms with E-state index in [4.69, 9.17) is 28.9 Å². The van der Waals surface area contributed by atoms with Crippen LogP contribution in [0.15, 0.2) is 97.1 Å². The van der Waals surface area contributed by atoms with Crippen molar-refractivity contribution < 1.29 is 18.9 Å². The van der Waals surface area contributed by atoms with E-state index in [0.717, 1.165) is 144 Å². The first-order chi connectivity index (χ1) is 24.8. The van der Waals surface area contributed by atoms with Gasteiger partial charge in [0.15, 0.2) is 0 Å². The van der Waals surface area contributed by atoms with Gasteiger partial charge in [0.2, 0.25) is 0 Å². The van der Waals surface area contributed by atoms with Crippen molar-refractivity contribution in [3.05, 3.63) is 97.1 Å². The predicted molar refractivity (Wildman–Crippen MR) is 204 cm³/mol. The van der Waals surface area contributed by atoms with E-state index in [1.54, 1.807) is 0 Å². The first kappa shape index (κ1) is 33.6. The van der Waals surface area contributed by atoms with Gasteiger partial charge in [-0.2, -0.15) is 0 Å². The highest BCUT2D eigenvalue weighted by atomic mass is 16.5. The summed E-state index contributed by atoms with van der Waals surface area (Å²) in [6.45, 7) is 2.55. The minimum absolute atomic E-state index is 0.638. The van der Waals surface area contributed by atoms with Crippen LogP contribution in [-0.4, -0.2) is 36.4 Å². The lowest BCUT2D eigenvalue weighted by Crippen LogP contribution is -2.04. The standard InChI is InChI=1S/C44H48N2O4/c1-2-6-10-14-30-48-38-20-18-22-40-42(38)36-28-26-34-24-23-33-25-27-35(45-43(33)44(34)46-36)41-37(47-29-13-9-5-1)19-17-21-39(41)49-31-15-11-7-3-4-8-12-16-32-50-40/h1-4,17-28H,5-16,29-32H2/b2-1-,4-3-. The molecule has 0 fully saturated rings. The molecule has 0 radical (unpaired) electrons. The molecule has 0 amide bonds. The summed E-state index contributed by atoms with van der Waals surface area (Å²) in [6.07, 6.45) is 21.6. The van der Waals surface area contributed by atoms with Crippen LogP contribution in [-0.2, 0) is 0 Å². The zero-order valence-corrected chi connectivity index (χ0v) is 29.1. The van der Waals surface area contributed by atoms with Crippen LogP contribution in [0.1, 0.15) is 77.0 Å². The third-order valence-corrected chi connectivity index (χ3v) is 9.43. The van der Waals surface area contributed by atoms with Crippen molar-refractivity contribution in [1.82, 2.24) is 9.97 Å². The molecule has 0 saturated heterocycles. The molecule has 0 unspecified atom stereocenters. The molecule has 0 atom stereocenters. The Morgan fingerprint density at radius 3 is 1.02 bits per heavy atom. The molecule has 258 valence electrons. The summed E-state index contributed by atoms with van der Waals surface area (Å²) in [5.41, 5.74) is 5.08. The third kappa shape index (κ3) is 8.30. The zero-order valence-electron chi connectivity index (χ0n) is 29.1. The lowest BCUT2D eigenvalue weighted by Gasteiger charge is -2.18. The Morgan fingerprint density at radius 1 is 0.360 bits per heavy atom. The first-order valence-electron chi connectivity index (χ1n) is 18.6. The van der Waals surface area contributed by atoms with Crippen LogP contribution in [0.4, 0.5) is 0 Å². The Balaban J connectivity index is 1.38. The summed E-state index contributed by atoms with van der Waals surface area (Å²) in [4.78, 5) is 10.6. The molecule has 5 aromatic rings. The molecule has 0 aliphatic carbocycles. The highest BCUT2D eigenvalue weighted by molar-refractivity contribution is 6.04. The fraction of sp³-hybridized carbons (Fsp3) is 0.364. The van der Waals surface area contributed by atoms with E-state index in [2.05, 4.69) is 60.7 Å². The molecule has 50 heavy (non-hydrogen) atoms. The Bertz CT molecular complexity index is 1740. The summed E-state index contributed by atoms with van der Waals surface area (Å²) in [6, 6.07) is 24.9. The summed E-state index contributed by atoms with van der Waals surface area (Å²) < 4.78 is 26.0. The van der Waals surface area contributed by atoms with Crippen molar-refractivity contribution >= 4 is 21.8 Å². The van der Waals surface area contributed by atoms with Gasteiger partial charge in [0.25, 0.3) is 0 Å². The van der Waals surface area contributed by atoms with Gasteiger partial charge in [-0.15, -0.1) is 0 Å². The fourth-order valence-corrected chi connectivity index (χ4v) is 6.71.